The third-order valence-corrected chi connectivity index (χ3v) is 5.65. The summed E-state index contributed by atoms with van der Waals surface area (Å²) in [6.07, 6.45) is 0.819. The zero-order valence-electron chi connectivity index (χ0n) is 16.9. The number of aliphatic hydroxyl groups excluding tert-OH is 1. The summed E-state index contributed by atoms with van der Waals surface area (Å²) in [6.45, 7) is 6.34. The van der Waals surface area contributed by atoms with Gasteiger partial charge in [0, 0.05) is 5.75 Å². The molecule has 1 aliphatic heterocycles. The van der Waals surface area contributed by atoms with Gasteiger partial charge in [-0.1, -0.05) is 42.8 Å². The number of rotatable bonds is 8. The van der Waals surface area contributed by atoms with E-state index in [1.165, 1.54) is 16.7 Å². The highest BCUT2D eigenvalue weighted by Gasteiger charge is 2.41. The van der Waals surface area contributed by atoms with Crippen molar-refractivity contribution < 1.29 is 19.4 Å². The van der Waals surface area contributed by atoms with Crippen LogP contribution >= 0.6 is 11.8 Å². The highest BCUT2D eigenvalue weighted by Crippen LogP contribution is 2.41. The first-order chi connectivity index (χ1) is 14.0. The molecule has 3 rings (SSSR count). The molecule has 1 aliphatic rings. The topological polar surface area (TPSA) is 66.8 Å². The number of ether oxygens (including phenoxy) is 1. The molecule has 5 nitrogen and oxygen atoms in total. The minimum absolute atomic E-state index is 0.0774. The maximum atomic E-state index is 13.5. The first-order valence-electron chi connectivity index (χ1n) is 9.65. The van der Waals surface area contributed by atoms with Crippen LogP contribution in [0.5, 0.6) is 5.75 Å². The average Bonchev–Trinajstić information content (AvgIpc) is 2.94. The quantitative estimate of drug-likeness (QED) is 0.663. The van der Waals surface area contributed by atoms with Gasteiger partial charge in [-0.25, -0.2) is 4.90 Å². The van der Waals surface area contributed by atoms with Crippen LogP contribution < -0.4 is 9.64 Å². The lowest BCUT2D eigenvalue weighted by molar-refractivity contribution is -0.119. The lowest BCUT2D eigenvalue weighted by atomic mass is 9.98. The number of aliphatic hydroxyl groups is 1. The van der Waals surface area contributed by atoms with E-state index in [1.807, 2.05) is 45.0 Å². The molecule has 0 fully saturated rings. The number of nitrogens with zero attached hydrogens (tertiary/aromatic N) is 1. The summed E-state index contributed by atoms with van der Waals surface area (Å²) in [5, 5.41) is 9.28. The highest BCUT2D eigenvalue weighted by atomic mass is 32.2. The van der Waals surface area contributed by atoms with Gasteiger partial charge < -0.3 is 9.84 Å². The van der Waals surface area contributed by atoms with Gasteiger partial charge in [0.25, 0.3) is 11.8 Å². The Bertz CT molecular complexity index is 967. The first kappa shape index (κ1) is 21.1. The number of hydrogen-bond donors (Lipinski definition) is 1. The molecular weight excluding hydrogens is 386 g/mol. The Hall–Kier alpha value is -2.57. The van der Waals surface area contributed by atoms with E-state index in [0.717, 1.165) is 23.1 Å². The lowest BCUT2D eigenvalue weighted by Gasteiger charge is -2.19. The highest BCUT2D eigenvalue weighted by molar-refractivity contribution is 8.04. The minimum Gasteiger partial charge on any atom is -0.491 e. The summed E-state index contributed by atoms with van der Waals surface area (Å²) in [4.78, 5) is 28.3. The molecule has 0 radical (unpaired) electrons. The van der Waals surface area contributed by atoms with Gasteiger partial charge >= 0.3 is 0 Å². The van der Waals surface area contributed by atoms with E-state index >= 15 is 0 Å². The predicted octanol–water partition coefficient (Wildman–Crippen LogP) is 4.10. The van der Waals surface area contributed by atoms with Gasteiger partial charge in [-0.2, -0.15) is 0 Å². The summed E-state index contributed by atoms with van der Waals surface area (Å²) in [7, 11) is 0. The zero-order valence-corrected chi connectivity index (χ0v) is 17.7. The molecule has 1 N–H and O–H groups in total. The van der Waals surface area contributed by atoms with E-state index in [1.54, 1.807) is 18.2 Å². The summed E-state index contributed by atoms with van der Waals surface area (Å²) in [6, 6.07) is 12.9. The maximum absolute atomic E-state index is 13.5. The maximum Gasteiger partial charge on any atom is 0.272 e. The van der Waals surface area contributed by atoms with Crippen LogP contribution in [0, 0.1) is 13.8 Å². The monoisotopic (exact) mass is 411 g/mol. The molecule has 0 unspecified atom stereocenters. The summed E-state index contributed by atoms with van der Waals surface area (Å²) < 4.78 is 5.78. The van der Waals surface area contributed by atoms with Crippen LogP contribution in [0.15, 0.2) is 47.4 Å². The Morgan fingerprint density at radius 3 is 2.52 bits per heavy atom. The van der Waals surface area contributed by atoms with Gasteiger partial charge in [0.1, 0.15) is 5.75 Å². The van der Waals surface area contributed by atoms with Crippen LogP contribution in [0.4, 0.5) is 5.69 Å². The molecule has 2 amide bonds. The van der Waals surface area contributed by atoms with E-state index in [9.17, 15) is 14.7 Å². The molecule has 29 heavy (non-hydrogen) atoms. The number of carbonyl (C=O) groups is 2. The number of thioether (sulfide) groups is 1. The Morgan fingerprint density at radius 1 is 1.07 bits per heavy atom. The minimum atomic E-state index is -0.379. The molecule has 1 heterocycles. The lowest BCUT2D eigenvalue weighted by Crippen LogP contribution is -2.31. The summed E-state index contributed by atoms with van der Waals surface area (Å²) in [5.41, 5.74) is 3.59. The van der Waals surface area contributed by atoms with Crippen LogP contribution in [0.1, 0.15) is 30.0 Å². The molecule has 2 aromatic rings. The van der Waals surface area contributed by atoms with Crippen molar-refractivity contribution >= 4 is 34.8 Å². The fourth-order valence-electron chi connectivity index (χ4n) is 3.32. The summed E-state index contributed by atoms with van der Waals surface area (Å²) >= 11 is 1.21. The fraction of sp³-hybridized carbons (Fsp3) is 0.304. The molecule has 0 bridgehead atoms. The zero-order chi connectivity index (χ0) is 21.0. The van der Waals surface area contributed by atoms with E-state index in [2.05, 4.69) is 0 Å². The van der Waals surface area contributed by atoms with Gasteiger partial charge in [0.05, 0.1) is 29.4 Å². The van der Waals surface area contributed by atoms with Gasteiger partial charge in [0.2, 0.25) is 0 Å². The number of para-hydroxylation sites is 2. The van der Waals surface area contributed by atoms with Crippen LogP contribution in [0.3, 0.4) is 0 Å². The third-order valence-electron chi connectivity index (χ3n) is 4.60. The second-order valence-electron chi connectivity index (χ2n) is 6.86. The molecule has 0 atom stereocenters. The number of benzene rings is 2. The van der Waals surface area contributed by atoms with Gasteiger partial charge in [-0.05, 0) is 43.5 Å². The van der Waals surface area contributed by atoms with E-state index in [0.29, 0.717) is 34.3 Å². The predicted molar refractivity (Wildman–Crippen MR) is 117 cm³/mol. The van der Waals surface area contributed by atoms with Crippen molar-refractivity contribution in [1.29, 1.82) is 0 Å². The molecule has 0 spiro atoms. The number of hydrogen-bond acceptors (Lipinski definition) is 5. The Labute approximate surface area is 175 Å². The van der Waals surface area contributed by atoms with Crippen molar-refractivity contribution in [3.8, 4) is 5.75 Å². The van der Waals surface area contributed by atoms with Gasteiger partial charge in [0.15, 0.2) is 0 Å². The molecule has 0 saturated carbocycles. The smallest absolute Gasteiger partial charge is 0.272 e. The third kappa shape index (κ3) is 4.23. The van der Waals surface area contributed by atoms with Crippen LogP contribution in [-0.2, 0) is 9.59 Å². The first-order valence-corrected chi connectivity index (χ1v) is 10.6. The number of amides is 2. The SMILES string of the molecule is CCCOc1ccccc1N1C(=O)C(SCCO)=C(c2ccc(C)cc2C)C1=O. The van der Waals surface area contributed by atoms with Gasteiger partial charge in [-0.3, -0.25) is 9.59 Å². The number of anilines is 1. The molecule has 0 aliphatic carbocycles. The fourth-order valence-corrected chi connectivity index (χ4v) is 4.17. The number of carbonyl (C=O) groups excluding carboxylic acids is 2. The van der Waals surface area contributed by atoms with Crippen molar-refractivity contribution in [3.63, 3.8) is 0 Å². The Balaban J connectivity index is 2.09. The van der Waals surface area contributed by atoms with Gasteiger partial charge in [-0.15, -0.1) is 11.8 Å². The van der Waals surface area contributed by atoms with Crippen molar-refractivity contribution in [1.82, 2.24) is 0 Å². The normalized spacial score (nSPS) is 14.1. The Morgan fingerprint density at radius 2 is 1.83 bits per heavy atom. The standard InChI is InChI=1S/C23H25NO4S/c1-4-12-28-19-8-6-5-7-18(19)24-22(26)20(21(23(24)27)29-13-11-25)17-10-9-15(2)14-16(17)3/h5-10,14,25H,4,11-13H2,1-3H3. The Kier molecular flexibility index (Phi) is 6.77. The second kappa shape index (κ2) is 9.29. The number of imide groups is 1. The second-order valence-corrected chi connectivity index (χ2v) is 7.96. The molecule has 2 aromatic carbocycles. The molecular formula is C23H25NO4S. The van der Waals surface area contributed by atoms with E-state index in [4.69, 9.17) is 4.74 Å². The van der Waals surface area contributed by atoms with Crippen LogP contribution in [0.25, 0.3) is 5.57 Å². The molecule has 6 heteroatoms. The molecule has 0 saturated heterocycles. The summed E-state index contributed by atoms with van der Waals surface area (Å²) in [5.74, 6) is 0.0975. The number of aryl methyl sites for hydroxylation is 2. The van der Waals surface area contributed by atoms with E-state index in [-0.39, 0.29) is 18.4 Å². The van der Waals surface area contributed by atoms with Crippen molar-refractivity contribution in [2.75, 3.05) is 23.9 Å². The van der Waals surface area contributed by atoms with E-state index < -0.39 is 0 Å². The molecule has 152 valence electrons. The van der Waals surface area contributed by atoms with Crippen molar-refractivity contribution in [2.24, 2.45) is 0 Å². The largest absolute Gasteiger partial charge is 0.491 e. The molecule has 0 aromatic heterocycles. The van der Waals surface area contributed by atoms with Crippen LogP contribution in [-0.4, -0.2) is 35.9 Å². The van der Waals surface area contributed by atoms with Crippen molar-refractivity contribution in [2.45, 2.75) is 27.2 Å². The van der Waals surface area contributed by atoms with Crippen LogP contribution in [0.2, 0.25) is 0 Å². The van der Waals surface area contributed by atoms with Crippen molar-refractivity contribution in [3.05, 3.63) is 64.1 Å². The average molecular weight is 412 g/mol.